The first kappa shape index (κ1) is 12.5. The molecule has 5 nitrogen and oxygen atoms in total. The van der Waals surface area contributed by atoms with Gasteiger partial charge in [-0.3, -0.25) is 5.10 Å². The van der Waals surface area contributed by atoms with Crippen LogP contribution in [0.2, 0.25) is 0 Å². The zero-order valence-corrected chi connectivity index (χ0v) is 10.4. The highest BCUT2D eigenvalue weighted by Crippen LogP contribution is 2.30. The van der Waals surface area contributed by atoms with Crippen molar-refractivity contribution in [2.75, 3.05) is 20.3 Å². The lowest BCUT2D eigenvalue weighted by atomic mass is 9.89. The standard InChI is InChI=1S/C12H21N3O2/c1-16-7-8-17-9-11-13-12(15-14-11)10-5-3-2-4-6-10/h10H,2-9H2,1H3,(H,13,14,15). The predicted octanol–water partition coefficient (Wildman–Crippen LogP) is 2.02. The minimum atomic E-state index is 0.489. The van der Waals surface area contributed by atoms with E-state index in [9.17, 15) is 0 Å². The summed E-state index contributed by atoms with van der Waals surface area (Å²) in [6.45, 7) is 1.70. The Morgan fingerprint density at radius 1 is 1.24 bits per heavy atom. The van der Waals surface area contributed by atoms with Crippen LogP contribution in [0.25, 0.3) is 0 Å². The van der Waals surface area contributed by atoms with Gasteiger partial charge >= 0.3 is 0 Å². The van der Waals surface area contributed by atoms with Crippen molar-refractivity contribution in [3.63, 3.8) is 0 Å². The fourth-order valence-corrected chi connectivity index (χ4v) is 2.23. The maximum atomic E-state index is 5.40. The lowest BCUT2D eigenvalue weighted by Crippen LogP contribution is -2.06. The zero-order valence-electron chi connectivity index (χ0n) is 10.4. The lowest BCUT2D eigenvalue weighted by molar-refractivity contribution is 0.0587. The van der Waals surface area contributed by atoms with E-state index in [1.807, 2.05) is 0 Å². The quantitative estimate of drug-likeness (QED) is 0.771. The number of H-pyrrole nitrogens is 1. The van der Waals surface area contributed by atoms with Gasteiger partial charge in [0.15, 0.2) is 11.6 Å². The van der Waals surface area contributed by atoms with Gasteiger partial charge in [-0.25, -0.2) is 4.98 Å². The summed E-state index contributed by atoms with van der Waals surface area (Å²) in [5.74, 6) is 2.34. The van der Waals surface area contributed by atoms with Gasteiger partial charge in [-0.2, -0.15) is 5.10 Å². The fourth-order valence-electron chi connectivity index (χ4n) is 2.23. The fraction of sp³-hybridized carbons (Fsp3) is 0.833. The summed E-state index contributed by atoms with van der Waals surface area (Å²) in [6.07, 6.45) is 6.41. The summed E-state index contributed by atoms with van der Waals surface area (Å²) >= 11 is 0. The maximum Gasteiger partial charge on any atom is 0.153 e. The Labute approximate surface area is 102 Å². The Balaban J connectivity index is 1.78. The highest BCUT2D eigenvalue weighted by Gasteiger charge is 2.19. The molecular formula is C12H21N3O2. The molecule has 1 aromatic heterocycles. The van der Waals surface area contributed by atoms with E-state index in [0.29, 0.717) is 25.7 Å². The Hall–Kier alpha value is -0.940. The molecule has 1 aliphatic carbocycles. The molecular weight excluding hydrogens is 218 g/mol. The molecule has 2 rings (SSSR count). The molecule has 17 heavy (non-hydrogen) atoms. The van der Waals surface area contributed by atoms with E-state index >= 15 is 0 Å². The lowest BCUT2D eigenvalue weighted by Gasteiger charge is -2.17. The summed E-state index contributed by atoms with van der Waals surface area (Å²) in [5, 5.41) is 7.24. The third-order valence-electron chi connectivity index (χ3n) is 3.19. The number of nitrogens with one attached hydrogen (secondary N) is 1. The number of hydrogen-bond acceptors (Lipinski definition) is 4. The molecule has 5 heteroatoms. The average molecular weight is 239 g/mol. The van der Waals surface area contributed by atoms with Gasteiger partial charge in [-0.15, -0.1) is 0 Å². The molecule has 0 spiro atoms. The molecule has 1 fully saturated rings. The normalized spacial score (nSPS) is 17.5. The van der Waals surface area contributed by atoms with Crippen LogP contribution in [-0.4, -0.2) is 35.5 Å². The van der Waals surface area contributed by atoms with Crippen molar-refractivity contribution < 1.29 is 9.47 Å². The molecule has 0 unspecified atom stereocenters. The van der Waals surface area contributed by atoms with Gasteiger partial charge in [0.25, 0.3) is 0 Å². The molecule has 1 saturated carbocycles. The highest BCUT2D eigenvalue weighted by molar-refractivity contribution is 4.98. The van der Waals surface area contributed by atoms with Crippen molar-refractivity contribution in [1.82, 2.24) is 15.2 Å². The average Bonchev–Trinajstić information content (AvgIpc) is 2.85. The minimum Gasteiger partial charge on any atom is -0.382 e. The van der Waals surface area contributed by atoms with Gasteiger partial charge in [0, 0.05) is 13.0 Å². The molecule has 1 N–H and O–H groups in total. The Kier molecular flexibility index (Phi) is 4.94. The number of ether oxygens (including phenoxy) is 2. The second kappa shape index (κ2) is 6.71. The Bertz CT molecular complexity index is 321. The van der Waals surface area contributed by atoms with Crippen LogP contribution in [0.3, 0.4) is 0 Å². The summed E-state index contributed by atoms with van der Waals surface area (Å²) in [6, 6.07) is 0. The SMILES string of the molecule is COCCOCc1nc(C2CCCCC2)n[nH]1. The van der Waals surface area contributed by atoms with E-state index in [2.05, 4.69) is 15.2 Å². The molecule has 1 aliphatic rings. The second-order valence-corrected chi connectivity index (χ2v) is 4.52. The summed E-state index contributed by atoms with van der Waals surface area (Å²) in [5.41, 5.74) is 0. The van der Waals surface area contributed by atoms with Crippen molar-refractivity contribution in [1.29, 1.82) is 0 Å². The number of aromatic amines is 1. The second-order valence-electron chi connectivity index (χ2n) is 4.52. The molecule has 96 valence electrons. The van der Waals surface area contributed by atoms with Crippen LogP contribution >= 0.6 is 0 Å². The topological polar surface area (TPSA) is 60.0 Å². The van der Waals surface area contributed by atoms with E-state index in [1.54, 1.807) is 7.11 Å². The van der Waals surface area contributed by atoms with Crippen LogP contribution < -0.4 is 0 Å². The van der Waals surface area contributed by atoms with Crippen molar-refractivity contribution >= 4 is 0 Å². The highest BCUT2D eigenvalue weighted by atomic mass is 16.5. The first-order chi connectivity index (χ1) is 8.40. The summed E-state index contributed by atoms with van der Waals surface area (Å²) in [7, 11) is 1.67. The van der Waals surface area contributed by atoms with Gasteiger partial charge in [-0.1, -0.05) is 19.3 Å². The molecule has 0 atom stereocenters. The largest absolute Gasteiger partial charge is 0.382 e. The zero-order chi connectivity index (χ0) is 11.9. The third kappa shape index (κ3) is 3.78. The molecule has 0 bridgehead atoms. The van der Waals surface area contributed by atoms with Gasteiger partial charge < -0.3 is 9.47 Å². The summed E-state index contributed by atoms with van der Waals surface area (Å²) in [4.78, 5) is 4.50. The van der Waals surface area contributed by atoms with E-state index < -0.39 is 0 Å². The number of methoxy groups -OCH3 is 1. The van der Waals surface area contributed by atoms with Crippen LogP contribution in [0.5, 0.6) is 0 Å². The van der Waals surface area contributed by atoms with Crippen LogP contribution in [0.1, 0.15) is 49.7 Å². The van der Waals surface area contributed by atoms with Crippen LogP contribution in [0, 0.1) is 0 Å². The van der Waals surface area contributed by atoms with Gasteiger partial charge in [0.1, 0.15) is 6.61 Å². The molecule has 0 saturated heterocycles. The predicted molar refractivity (Wildman–Crippen MR) is 63.7 cm³/mol. The first-order valence-corrected chi connectivity index (χ1v) is 6.38. The monoisotopic (exact) mass is 239 g/mol. The van der Waals surface area contributed by atoms with Crippen LogP contribution in [-0.2, 0) is 16.1 Å². The third-order valence-corrected chi connectivity index (χ3v) is 3.19. The first-order valence-electron chi connectivity index (χ1n) is 6.38. The Morgan fingerprint density at radius 2 is 2.06 bits per heavy atom. The molecule has 0 aromatic carbocycles. The van der Waals surface area contributed by atoms with Gasteiger partial charge in [-0.05, 0) is 12.8 Å². The van der Waals surface area contributed by atoms with E-state index in [0.717, 1.165) is 11.6 Å². The molecule has 0 aliphatic heterocycles. The summed E-state index contributed by atoms with van der Waals surface area (Å²) < 4.78 is 10.3. The smallest absolute Gasteiger partial charge is 0.153 e. The minimum absolute atomic E-state index is 0.489. The number of aromatic nitrogens is 3. The van der Waals surface area contributed by atoms with Gasteiger partial charge in [0.2, 0.25) is 0 Å². The van der Waals surface area contributed by atoms with Crippen molar-refractivity contribution in [2.45, 2.75) is 44.6 Å². The number of rotatable bonds is 6. The molecule has 0 radical (unpaired) electrons. The van der Waals surface area contributed by atoms with Crippen molar-refractivity contribution in [3.8, 4) is 0 Å². The molecule has 1 heterocycles. The van der Waals surface area contributed by atoms with Gasteiger partial charge in [0.05, 0.1) is 13.2 Å². The van der Waals surface area contributed by atoms with E-state index in [-0.39, 0.29) is 0 Å². The number of hydrogen-bond donors (Lipinski definition) is 1. The molecule has 1 aromatic rings. The Morgan fingerprint density at radius 3 is 2.82 bits per heavy atom. The van der Waals surface area contributed by atoms with Crippen molar-refractivity contribution in [3.05, 3.63) is 11.6 Å². The van der Waals surface area contributed by atoms with Crippen LogP contribution in [0.4, 0.5) is 0 Å². The van der Waals surface area contributed by atoms with Crippen LogP contribution in [0.15, 0.2) is 0 Å². The number of nitrogens with zero attached hydrogens (tertiary/aromatic N) is 2. The maximum absolute atomic E-state index is 5.40. The van der Waals surface area contributed by atoms with Crippen molar-refractivity contribution in [2.24, 2.45) is 0 Å². The van der Waals surface area contributed by atoms with E-state index in [4.69, 9.17) is 9.47 Å². The molecule has 0 amide bonds. The van der Waals surface area contributed by atoms with E-state index in [1.165, 1.54) is 32.1 Å².